The van der Waals surface area contributed by atoms with Gasteiger partial charge in [-0.25, -0.2) is 9.97 Å². The molecule has 0 atom stereocenters. The van der Waals surface area contributed by atoms with E-state index >= 15 is 0 Å². The Hall–Kier alpha value is -3.28. The van der Waals surface area contributed by atoms with Crippen LogP contribution in [0.3, 0.4) is 0 Å². The van der Waals surface area contributed by atoms with Crippen LogP contribution in [0.2, 0.25) is 0 Å². The molecule has 0 aliphatic rings. The summed E-state index contributed by atoms with van der Waals surface area (Å²) in [5, 5.41) is 5.23. The first kappa shape index (κ1) is 17.5. The van der Waals surface area contributed by atoms with Gasteiger partial charge in [0.2, 0.25) is 0 Å². The Morgan fingerprint density at radius 1 is 0.885 bits per heavy atom. The lowest BCUT2D eigenvalue weighted by Gasteiger charge is -2.26. The molecule has 0 unspecified atom stereocenters. The molecule has 0 bridgehead atoms. The molecule has 0 radical (unpaired) electrons. The quantitative estimate of drug-likeness (QED) is 0.413. The van der Waals surface area contributed by atoms with Crippen molar-refractivity contribution in [2.24, 2.45) is 0 Å². The molecular formula is C20H24N6. The fourth-order valence-electron chi connectivity index (χ4n) is 2.55. The Balaban J connectivity index is 1.89. The fraction of sp³-hybridized carbons (Fsp3) is 0.200. The molecule has 4 N–H and O–H groups in total. The lowest BCUT2D eigenvalue weighted by Crippen LogP contribution is -2.26. The zero-order valence-electron chi connectivity index (χ0n) is 14.9. The van der Waals surface area contributed by atoms with Gasteiger partial charge in [0.05, 0.1) is 11.4 Å². The van der Waals surface area contributed by atoms with Crippen molar-refractivity contribution < 1.29 is 0 Å². The van der Waals surface area contributed by atoms with E-state index in [2.05, 4.69) is 27.6 Å². The molecule has 2 aromatic carbocycles. The van der Waals surface area contributed by atoms with Gasteiger partial charge in [-0.2, -0.15) is 0 Å². The Labute approximate surface area is 154 Å². The summed E-state index contributed by atoms with van der Waals surface area (Å²) in [6, 6.07) is 20.1. The molecular weight excluding hydrogens is 324 g/mol. The number of para-hydroxylation sites is 2. The minimum Gasteiger partial charge on any atom is -0.393 e. The normalized spacial score (nSPS) is 10.3. The minimum atomic E-state index is 0.500. The lowest BCUT2D eigenvalue weighted by atomic mass is 10.2. The molecule has 0 fully saturated rings. The van der Waals surface area contributed by atoms with Crippen LogP contribution in [0.5, 0.6) is 0 Å². The van der Waals surface area contributed by atoms with Crippen LogP contribution < -0.4 is 21.5 Å². The number of nitrogens with two attached hydrogens (primary N) is 1. The molecule has 6 nitrogen and oxygen atoms in total. The van der Waals surface area contributed by atoms with Crippen molar-refractivity contribution in [1.82, 2.24) is 9.97 Å². The maximum Gasteiger partial charge on any atom is 0.173 e. The van der Waals surface area contributed by atoms with E-state index in [1.165, 1.54) is 6.33 Å². The molecule has 1 heterocycles. The third-order valence-corrected chi connectivity index (χ3v) is 3.95. The number of hydrogen-bond donors (Lipinski definition) is 3. The number of hydrazine groups is 1. The first-order chi connectivity index (χ1) is 12.8. The van der Waals surface area contributed by atoms with Crippen LogP contribution in [0.15, 0.2) is 67.0 Å². The van der Waals surface area contributed by atoms with E-state index in [9.17, 15) is 0 Å². The number of nitrogens with one attached hydrogen (secondary N) is 2. The van der Waals surface area contributed by atoms with E-state index in [1.54, 1.807) is 0 Å². The predicted octanol–water partition coefficient (Wildman–Crippen LogP) is 4.44. The molecule has 0 spiro atoms. The zero-order chi connectivity index (χ0) is 18.2. The number of hydrogen-bond acceptors (Lipinski definition) is 6. The highest BCUT2D eigenvalue weighted by Crippen LogP contribution is 2.29. The van der Waals surface area contributed by atoms with Crippen molar-refractivity contribution >= 4 is 28.7 Å². The van der Waals surface area contributed by atoms with E-state index in [1.807, 2.05) is 65.7 Å². The minimum absolute atomic E-state index is 0.500. The van der Waals surface area contributed by atoms with E-state index in [0.29, 0.717) is 17.3 Å². The molecule has 0 aliphatic carbocycles. The number of benzene rings is 2. The first-order valence-electron chi connectivity index (χ1n) is 8.81. The summed E-state index contributed by atoms with van der Waals surface area (Å²) in [5.74, 6) is 1.21. The van der Waals surface area contributed by atoms with Crippen molar-refractivity contribution in [3.63, 3.8) is 0 Å². The number of aromatic nitrogens is 2. The summed E-state index contributed by atoms with van der Waals surface area (Å²) in [5.41, 5.74) is 12.1. The van der Waals surface area contributed by atoms with Gasteiger partial charge in [0.15, 0.2) is 11.6 Å². The van der Waals surface area contributed by atoms with Gasteiger partial charge in [0.25, 0.3) is 0 Å². The topological polar surface area (TPSA) is 79.1 Å². The van der Waals surface area contributed by atoms with Crippen LogP contribution >= 0.6 is 0 Å². The van der Waals surface area contributed by atoms with Crippen molar-refractivity contribution in [1.29, 1.82) is 0 Å². The molecule has 0 saturated carbocycles. The highest BCUT2D eigenvalue weighted by Gasteiger charge is 2.14. The SMILES string of the molecule is CCCCNc1ncnc(NN(c2ccccc2)c2ccccc2)c1N. The third-order valence-electron chi connectivity index (χ3n) is 3.95. The fourth-order valence-corrected chi connectivity index (χ4v) is 2.55. The Morgan fingerprint density at radius 2 is 1.46 bits per heavy atom. The maximum atomic E-state index is 6.29. The van der Waals surface area contributed by atoms with Crippen LogP contribution in [0.4, 0.5) is 28.7 Å². The molecule has 0 saturated heterocycles. The van der Waals surface area contributed by atoms with Crippen molar-refractivity contribution in [2.75, 3.05) is 28.0 Å². The van der Waals surface area contributed by atoms with Gasteiger partial charge in [0, 0.05) is 6.54 Å². The Kier molecular flexibility index (Phi) is 5.88. The van der Waals surface area contributed by atoms with Gasteiger partial charge in [-0.3, -0.25) is 10.4 Å². The highest BCUT2D eigenvalue weighted by molar-refractivity contribution is 5.77. The standard InChI is InChI=1S/C20H24N6/c1-2-3-14-22-19-18(21)20(24-15-23-19)25-26(16-10-6-4-7-11-16)17-12-8-5-9-13-17/h4-13,15H,2-3,14,21H2,1H3,(H2,22,23,24,25). The zero-order valence-corrected chi connectivity index (χ0v) is 14.9. The summed E-state index contributed by atoms with van der Waals surface area (Å²) in [4.78, 5) is 8.59. The molecule has 3 rings (SSSR count). The smallest absolute Gasteiger partial charge is 0.173 e. The third kappa shape index (κ3) is 4.22. The monoisotopic (exact) mass is 348 g/mol. The summed E-state index contributed by atoms with van der Waals surface area (Å²) in [7, 11) is 0. The molecule has 6 heteroatoms. The maximum absolute atomic E-state index is 6.29. The molecule has 0 aliphatic heterocycles. The lowest BCUT2D eigenvalue weighted by molar-refractivity contribution is 0.830. The average molecular weight is 348 g/mol. The average Bonchev–Trinajstić information content (AvgIpc) is 2.70. The van der Waals surface area contributed by atoms with Crippen LogP contribution in [-0.2, 0) is 0 Å². The van der Waals surface area contributed by atoms with Crippen molar-refractivity contribution in [2.45, 2.75) is 19.8 Å². The first-order valence-corrected chi connectivity index (χ1v) is 8.81. The number of anilines is 5. The second-order valence-corrected chi connectivity index (χ2v) is 5.88. The molecule has 3 aromatic rings. The highest BCUT2D eigenvalue weighted by atomic mass is 15.5. The summed E-state index contributed by atoms with van der Waals surface area (Å²) >= 11 is 0. The van der Waals surface area contributed by atoms with E-state index in [4.69, 9.17) is 5.73 Å². The van der Waals surface area contributed by atoms with Gasteiger partial charge in [0.1, 0.15) is 12.0 Å². The van der Waals surface area contributed by atoms with Gasteiger partial charge in [-0.15, -0.1) is 0 Å². The number of rotatable bonds is 8. The van der Waals surface area contributed by atoms with Gasteiger partial charge in [-0.05, 0) is 30.7 Å². The molecule has 0 amide bonds. The molecule has 134 valence electrons. The van der Waals surface area contributed by atoms with Gasteiger partial charge < -0.3 is 11.1 Å². The number of nitrogen functional groups attached to an aromatic ring is 1. The molecule has 1 aromatic heterocycles. The Bertz CT molecular complexity index is 768. The van der Waals surface area contributed by atoms with Crippen LogP contribution in [-0.4, -0.2) is 16.5 Å². The number of nitrogens with zero attached hydrogens (tertiary/aromatic N) is 3. The largest absolute Gasteiger partial charge is 0.393 e. The molecule has 26 heavy (non-hydrogen) atoms. The van der Waals surface area contributed by atoms with E-state index in [-0.39, 0.29) is 0 Å². The second-order valence-electron chi connectivity index (χ2n) is 5.88. The summed E-state index contributed by atoms with van der Waals surface area (Å²) in [6.07, 6.45) is 3.69. The summed E-state index contributed by atoms with van der Waals surface area (Å²) < 4.78 is 0. The van der Waals surface area contributed by atoms with E-state index in [0.717, 1.165) is 30.8 Å². The number of unbranched alkanes of at least 4 members (excludes halogenated alkanes) is 1. The Morgan fingerprint density at radius 3 is 2.04 bits per heavy atom. The van der Waals surface area contributed by atoms with Crippen molar-refractivity contribution in [3.05, 3.63) is 67.0 Å². The summed E-state index contributed by atoms with van der Waals surface area (Å²) in [6.45, 7) is 2.98. The van der Waals surface area contributed by atoms with Crippen LogP contribution in [0.1, 0.15) is 19.8 Å². The predicted molar refractivity (Wildman–Crippen MR) is 108 cm³/mol. The second kappa shape index (κ2) is 8.71. The van der Waals surface area contributed by atoms with Crippen LogP contribution in [0, 0.1) is 0 Å². The van der Waals surface area contributed by atoms with Crippen LogP contribution in [0.25, 0.3) is 0 Å². The van der Waals surface area contributed by atoms with E-state index < -0.39 is 0 Å². The van der Waals surface area contributed by atoms with Gasteiger partial charge >= 0.3 is 0 Å². The van der Waals surface area contributed by atoms with Gasteiger partial charge in [-0.1, -0.05) is 49.7 Å². The van der Waals surface area contributed by atoms with Crippen molar-refractivity contribution in [3.8, 4) is 0 Å².